The molecule has 1 amide bonds. The molecule has 1 atom stereocenters. The summed E-state index contributed by atoms with van der Waals surface area (Å²) in [6.07, 6.45) is 5.41. The summed E-state index contributed by atoms with van der Waals surface area (Å²) in [5.41, 5.74) is 1.03. The van der Waals surface area contributed by atoms with Crippen LogP contribution in [0.4, 0.5) is 0 Å². The summed E-state index contributed by atoms with van der Waals surface area (Å²) >= 11 is 1.61. The number of nitrogens with one attached hydrogen (secondary N) is 1. The van der Waals surface area contributed by atoms with E-state index in [0.717, 1.165) is 10.5 Å². The van der Waals surface area contributed by atoms with E-state index in [2.05, 4.69) is 11.2 Å². The van der Waals surface area contributed by atoms with E-state index in [-0.39, 0.29) is 12.5 Å². The zero-order chi connectivity index (χ0) is 20.9. The van der Waals surface area contributed by atoms with Crippen molar-refractivity contribution in [1.82, 2.24) is 5.32 Å². The average molecular weight is 414 g/mol. The van der Waals surface area contributed by atoms with Gasteiger partial charge in [0.15, 0.2) is 11.5 Å². The van der Waals surface area contributed by atoms with Gasteiger partial charge in [-0.15, -0.1) is 18.2 Å². The minimum atomic E-state index is -0.487. The number of rotatable bonds is 12. The molecule has 0 saturated carbocycles. The van der Waals surface area contributed by atoms with E-state index in [1.165, 1.54) is 0 Å². The first kappa shape index (κ1) is 22.7. The normalized spacial score (nSPS) is 11.3. The molecule has 0 bridgehead atoms. The SMILES string of the molecule is C#CCOc1ccc(CCNC(=O)[C@H](CSc2ccccc2)OCC)cc1OC. The van der Waals surface area contributed by atoms with Gasteiger partial charge in [0.05, 0.1) is 7.11 Å². The zero-order valence-corrected chi connectivity index (χ0v) is 17.7. The second kappa shape index (κ2) is 12.8. The highest BCUT2D eigenvalue weighted by molar-refractivity contribution is 7.99. The Morgan fingerprint density at radius 2 is 2.00 bits per heavy atom. The topological polar surface area (TPSA) is 56.8 Å². The van der Waals surface area contributed by atoms with Gasteiger partial charge >= 0.3 is 0 Å². The van der Waals surface area contributed by atoms with E-state index >= 15 is 0 Å². The van der Waals surface area contributed by atoms with Crippen molar-refractivity contribution in [2.24, 2.45) is 0 Å². The Morgan fingerprint density at radius 3 is 2.69 bits per heavy atom. The number of hydrogen-bond donors (Lipinski definition) is 1. The van der Waals surface area contributed by atoms with Crippen LogP contribution >= 0.6 is 11.8 Å². The monoisotopic (exact) mass is 413 g/mol. The van der Waals surface area contributed by atoms with Gasteiger partial charge in [-0.3, -0.25) is 4.79 Å². The lowest BCUT2D eigenvalue weighted by atomic mass is 10.1. The molecule has 0 aromatic heterocycles. The van der Waals surface area contributed by atoms with E-state index < -0.39 is 6.10 Å². The van der Waals surface area contributed by atoms with Gasteiger partial charge in [-0.1, -0.05) is 30.2 Å². The third kappa shape index (κ3) is 7.72. The first-order chi connectivity index (χ1) is 14.2. The number of benzene rings is 2. The van der Waals surface area contributed by atoms with E-state index in [4.69, 9.17) is 20.6 Å². The van der Waals surface area contributed by atoms with Crippen molar-refractivity contribution < 1.29 is 19.0 Å². The molecule has 0 saturated heterocycles. The lowest BCUT2D eigenvalue weighted by Gasteiger charge is -2.17. The Hall–Kier alpha value is -2.62. The lowest BCUT2D eigenvalue weighted by molar-refractivity contribution is -0.131. The van der Waals surface area contributed by atoms with Crippen LogP contribution in [0.15, 0.2) is 53.4 Å². The third-order valence-electron chi connectivity index (χ3n) is 4.06. The molecule has 0 fully saturated rings. The molecular formula is C23H27NO4S. The highest BCUT2D eigenvalue weighted by Crippen LogP contribution is 2.28. The molecule has 2 rings (SSSR count). The van der Waals surface area contributed by atoms with Crippen LogP contribution in [0.25, 0.3) is 0 Å². The number of methoxy groups -OCH3 is 1. The standard InChI is InChI=1S/C23H27NO4S/c1-4-15-28-20-12-11-18(16-21(20)26-3)13-14-24-23(25)22(27-5-2)17-29-19-9-7-6-8-10-19/h1,6-12,16,22H,5,13-15,17H2,2-3H3,(H,24,25)/t22-/m0/s1. The lowest BCUT2D eigenvalue weighted by Crippen LogP contribution is -2.39. The fraction of sp³-hybridized carbons (Fsp3) is 0.348. The molecule has 0 spiro atoms. The Bertz CT molecular complexity index is 804. The molecule has 0 aliphatic heterocycles. The van der Waals surface area contributed by atoms with Crippen molar-refractivity contribution in [2.45, 2.75) is 24.3 Å². The second-order valence-electron chi connectivity index (χ2n) is 6.09. The van der Waals surface area contributed by atoms with Crippen molar-refractivity contribution in [3.8, 4) is 23.8 Å². The predicted molar refractivity (Wildman–Crippen MR) is 117 cm³/mol. The van der Waals surface area contributed by atoms with Crippen molar-refractivity contribution >= 4 is 17.7 Å². The van der Waals surface area contributed by atoms with E-state index in [1.54, 1.807) is 18.9 Å². The van der Waals surface area contributed by atoms with Gasteiger partial charge in [-0.2, -0.15) is 0 Å². The van der Waals surface area contributed by atoms with Gasteiger partial charge in [0.25, 0.3) is 0 Å². The summed E-state index contributed by atoms with van der Waals surface area (Å²) < 4.78 is 16.4. The zero-order valence-electron chi connectivity index (χ0n) is 16.9. The number of carbonyl (C=O) groups excluding carboxylic acids is 1. The summed E-state index contributed by atoms with van der Waals surface area (Å²) in [5, 5.41) is 2.96. The number of amides is 1. The highest BCUT2D eigenvalue weighted by Gasteiger charge is 2.18. The van der Waals surface area contributed by atoms with Crippen molar-refractivity contribution in [2.75, 3.05) is 32.6 Å². The molecular weight excluding hydrogens is 386 g/mol. The molecule has 0 aliphatic carbocycles. The molecule has 0 aliphatic rings. The average Bonchev–Trinajstić information content (AvgIpc) is 2.76. The van der Waals surface area contributed by atoms with Crippen LogP contribution in [0.5, 0.6) is 11.5 Å². The van der Waals surface area contributed by atoms with E-state index in [9.17, 15) is 4.79 Å². The number of terminal acetylenes is 1. The molecule has 29 heavy (non-hydrogen) atoms. The summed E-state index contributed by atoms with van der Waals surface area (Å²) in [4.78, 5) is 13.6. The van der Waals surface area contributed by atoms with Gasteiger partial charge in [-0.25, -0.2) is 0 Å². The summed E-state index contributed by atoms with van der Waals surface area (Å²) in [6, 6.07) is 15.6. The largest absolute Gasteiger partial charge is 0.493 e. The minimum absolute atomic E-state index is 0.101. The maximum absolute atomic E-state index is 12.5. The molecule has 0 unspecified atom stereocenters. The number of ether oxygens (including phenoxy) is 3. The Balaban J connectivity index is 1.85. The predicted octanol–water partition coefficient (Wildman–Crippen LogP) is 3.56. The third-order valence-corrected chi connectivity index (χ3v) is 5.13. The smallest absolute Gasteiger partial charge is 0.250 e. The Morgan fingerprint density at radius 1 is 1.21 bits per heavy atom. The first-order valence-corrected chi connectivity index (χ1v) is 10.5. The minimum Gasteiger partial charge on any atom is -0.493 e. The fourth-order valence-electron chi connectivity index (χ4n) is 2.64. The Kier molecular flexibility index (Phi) is 9.98. The number of hydrogen-bond acceptors (Lipinski definition) is 5. The number of carbonyl (C=O) groups is 1. The van der Waals surface area contributed by atoms with Gasteiger partial charge in [0.2, 0.25) is 5.91 Å². The van der Waals surface area contributed by atoms with Gasteiger partial charge < -0.3 is 19.5 Å². The fourth-order valence-corrected chi connectivity index (χ4v) is 3.58. The van der Waals surface area contributed by atoms with Crippen LogP contribution in [0.3, 0.4) is 0 Å². The number of thioether (sulfide) groups is 1. The van der Waals surface area contributed by atoms with E-state index in [0.29, 0.717) is 36.8 Å². The second-order valence-corrected chi connectivity index (χ2v) is 7.18. The van der Waals surface area contributed by atoms with Crippen LogP contribution < -0.4 is 14.8 Å². The van der Waals surface area contributed by atoms with Crippen LogP contribution in [0.1, 0.15) is 12.5 Å². The summed E-state index contributed by atoms with van der Waals surface area (Å²) in [7, 11) is 1.58. The maximum atomic E-state index is 12.5. The van der Waals surface area contributed by atoms with Crippen molar-refractivity contribution in [1.29, 1.82) is 0 Å². The van der Waals surface area contributed by atoms with Crippen LogP contribution in [0, 0.1) is 12.3 Å². The molecule has 0 heterocycles. The van der Waals surface area contributed by atoms with Crippen molar-refractivity contribution in [3.05, 3.63) is 54.1 Å². The van der Waals surface area contributed by atoms with Crippen LogP contribution in [0.2, 0.25) is 0 Å². The maximum Gasteiger partial charge on any atom is 0.250 e. The van der Waals surface area contributed by atoms with Gasteiger partial charge in [-0.05, 0) is 43.2 Å². The van der Waals surface area contributed by atoms with Gasteiger partial charge in [0.1, 0.15) is 12.7 Å². The van der Waals surface area contributed by atoms with Crippen molar-refractivity contribution in [3.63, 3.8) is 0 Å². The molecule has 154 valence electrons. The summed E-state index contributed by atoms with van der Waals surface area (Å²) in [5.74, 6) is 4.12. The van der Waals surface area contributed by atoms with E-state index in [1.807, 2.05) is 55.5 Å². The molecule has 6 heteroatoms. The van der Waals surface area contributed by atoms with Gasteiger partial charge in [0, 0.05) is 23.8 Å². The Labute approximate surface area is 177 Å². The molecule has 0 radical (unpaired) electrons. The first-order valence-electron chi connectivity index (χ1n) is 9.48. The molecule has 2 aromatic carbocycles. The van der Waals surface area contributed by atoms with Crippen LogP contribution in [-0.4, -0.2) is 44.6 Å². The van der Waals surface area contributed by atoms with Crippen LogP contribution in [-0.2, 0) is 16.0 Å². The quantitative estimate of drug-likeness (QED) is 0.426. The molecule has 2 aromatic rings. The highest BCUT2D eigenvalue weighted by atomic mass is 32.2. The molecule has 1 N–H and O–H groups in total. The molecule has 5 nitrogen and oxygen atoms in total. The summed E-state index contributed by atoms with van der Waals surface area (Å²) in [6.45, 7) is 3.07.